The molecule has 0 aliphatic carbocycles. The molecule has 0 amide bonds. The molecule has 5 heteroatoms. The lowest BCUT2D eigenvalue weighted by atomic mass is 10.1. The third-order valence-corrected chi connectivity index (χ3v) is 12.5. The van der Waals surface area contributed by atoms with Crippen molar-refractivity contribution in [2.45, 2.75) is 251 Å². The molecule has 1 N–H and O–H groups in total. The van der Waals surface area contributed by atoms with E-state index < -0.39 is 6.10 Å². The van der Waals surface area contributed by atoms with Gasteiger partial charge in [-0.05, 0) is 128 Å². The van der Waals surface area contributed by atoms with Gasteiger partial charge in [0.1, 0.15) is 6.61 Å². The molecule has 76 heavy (non-hydrogen) atoms. The lowest BCUT2D eigenvalue weighted by Crippen LogP contribution is -2.28. The summed E-state index contributed by atoms with van der Waals surface area (Å²) in [6, 6.07) is 0. The number of ether oxygens (including phenoxy) is 2. The summed E-state index contributed by atoms with van der Waals surface area (Å²) in [7, 11) is 0. The molecule has 0 aromatic carbocycles. The molecule has 1 atom stereocenters. The molecule has 0 spiro atoms. The Morgan fingerprint density at radius 1 is 0.303 bits per heavy atom. The molecule has 0 fully saturated rings. The smallest absolute Gasteiger partial charge is 0.306 e. The molecule has 0 aliphatic rings. The van der Waals surface area contributed by atoms with Crippen LogP contribution in [-0.2, 0) is 19.1 Å². The van der Waals surface area contributed by atoms with Crippen LogP contribution in [-0.4, -0.2) is 36.4 Å². The van der Waals surface area contributed by atoms with Gasteiger partial charge in [-0.3, -0.25) is 9.59 Å². The Morgan fingerprint density at radius 2 is 0.526 bits per heavy atom. The largest absolute Gasteiger partial charge is 0.462 e. The number of aliphatic hydroxyl groups excluding tert-OH is 1. The highest BCUT2D eigenvalue weighted by molar-refractivity contribution is 5.70. The molecule has 0 heterocycles. The summed E-state index contributed by atoms with van der Waals surface area (Å²) in [6.45, 7) is 3.90. The highest BCUT2D eigenvalue weighted by Gasteiger charge is 2.16. The highest BCUT2D eigenvalue weighted by Crippen LogP contribution is 2.14. The average molecular weight is 1050 g/mol. The first kappa shape index (κ1) is 71.3. The second-order valence-corrected chi connectivity index (χ2v) is 19.7. The van der Waals surface area contributed by atoms with Crippen LogP contribution in [0.5, 0.6) is 0 Å². The van der Waals surface area contributed by atoms with Crippen LogP contribution in [0.2, 0.25) is 0 Å². The van der Waals surface area contributed by atoms with E-state index in [2.05, 4.69) is 184 Å². The number of unbranched alkanes of at least 4 members (excludes halogenated alkanes) is 18. The molecule has 0 bridgehead atoms. The van der Waals surface area contributed by atoms with Gasteiger partial charge in [-0.25, -0.2) is 0 Å². The molecule has 5 nitrogen and oxygen atoms in total. The van der Waals surface area contributed by atoms with Crippen LogP contribution >= 0.6 is 0 Å². The van der Waals surface area contributed by atoms with E-state index in [1.807, 2.05) is 0 Å². The normalized spacial score (nSPS) is 13.5. The Morgan fingerprint density at radius 3 is 0.789 bits per heavy atom. The molecule has 0 aromatic heterocycles. The predicted octanol–water partition coefficient (Wildman–Crippen LogP) is 21.3. The van der Waals surface area contributed by atoms with Crippen LogP contribution in [0.15, 0.2) is 170 Å². The molecular formula is C71H112O5. The van der Waals surface area contributed by atoms with Crippen LogP contribution < -0.4 is 0 Å². The molecular weight excluding hydrogens is 933 g/mol. The van der Waals surface area contributed by atoms with E-state index in [0.717, 1.165) is 141 Å². The molecule has 0 rings (SSSR count). The SMILES string of the molecule is CC/C=C\C/C=C\C/C=C\C/C=C\C/C=C\C/C=C\C/C=C\CCCCCCCCCCCC(=O)OCC(CO)OC(=O)CCCCCCCCCCC/C=C\C/C=C\C/C=C\C/C=C\C/C=C\C/C=C\C/C=C\CC. The van der Waals surface area contributed by atoms with Crippen LogP contribution in [0.4, 0.5) is 0 Å². The van der Waals surface area contributed by atoms with Gasteiger partial charge in [-0.1, -0.05) is 274 Å². The molecule has 0 aromatic rings. The number of hydrogen-bond donors (Lipinski definition) is 1. The van der Waals surface area contributed by atoms with Gasteiger partial charge in [0.05, 0.1) is 6.61 Å². The van der Waals surface area contributed by atoms with Crippen molar-refractivity contribution >= 4 is 11.9 Å². The summed E-state index contributed by atoms with van der Waals surface area (Å²) in [6.07, 6.45) is 100. The zero-order valence-electron chi connectivity index (χ0n) is 48.7. The summed E-state index contributed by atoms with van der Waals surface area (Å²) in [5, 5.41) is 9.68. The first-order valence-corrected chi connectivity index (χ1v) is 30.7. The quantitative estimate of drug-likeness (QED) is 0.0373. The lowest BCUT2D eigenvalue weighted by Gasteiger charge is -2.15. The second kappa shape index (κ2) is 64.5. The van der Waals surface area contributed by atoms with Gasteiger partial charge in [-0.2, -0.15) is 0 Å². The first-order valence-electron chi connectivity index (χ1n) is 30.7. The van der Waals surface area contributed by atoms with Crippen LogP contribution in [0, 0.1) is 0 Å². The standard InChI is InChI=1S/C71H112O5/c1-3-5-7-9-11-13-15-17-19-21-23-25-27-29-31-33-35-37-39-41-43-45-47-49-51-53-55-57-59-61-63-65-70(73)75-68-69(67-72)76-71(74)66-64-62-60-58-56-54-52-50-48-46-44-42-40-38-36-34-32-30-28-26-24-22-20-18-16-14-12-10-8-6-4-2/h5-8,11-14,17-20,23-26,29-32,35-38,41-44,69,72H,3-4,9-10,15-16,21-22,27-28,33-34,39-40,45-68H2,1-2H3/b7-5-,8-6-,13-11-,14-12-,19-17-,20-18-,25-23-,26-24-,31-29-,32-30-,37-35-,38-36-,43-41-,44-42-. The number of carbonyl (C=O) groups is 2. The minimum atomic E-state index is -0.793. The Hall–Kier alpha value is -4.74. The number of rotatable bonds is 54. The van der Waals surface area contributed by atoms with Crippen molar-refractivity contribution in [3.05, 3.63) is 170 Å². The Labute approximate surface area is 468 Å². The van der Waals surface area contributed by atoms with E-state index in [0.29, 0.717) is 12.8 Å². The Balaban J connectivity index is 3.60. The van der Waals surface area contributed by atoms with Crippen molar-refractivity contribution in [1.29, 1.82) is 0 Å². The Kier molecular flexibility index (Phi) is 60.5. The van der Waals surface area contributed by atoms with Gasteiger partial charge in [0, 0.05) is 12.8 Å². The number of esters is 2. The number of hydrogen-bond acceptors (Lipinski definition) is 5. The minimum absolute atomic E-state index is 0.0824. The van der Waals surface area contributed by atoms with Gasteiger partial charge in [-0.15, -0.1) is 0 Å². The van der Waals surface area contributed by atoms with E-state index in [4.69, 9.17) is 9.47 Å². The topological polar surface area (TPSA) is 72.8 Å². The molecule has 1 unspecified atom stereocenters. The van der Waals surface area contributed by atoms with Gasteiger partial charge in [0.15, 0.2) is 6.10 Å². The molecule has 0 saturated heterocycles. The van der Waals surface area contributed by atoms with Gasteiger partial charge in [0.25, 0.3) is 0 Å². The van der Waals surface area contributed by atoms with E-state index in [9.17, 15) is 14.7 Å². The summed E-state index contributed by atoms with van der Waals surface area (Å²) in [5.41, 5.74) is 0. The zero-order chi connectivity index (χ0) is 54.8. The Bertz CT molecular complexity index is 1700. The third kappa shape index (κ3) is 61.8. The third-order valence-electron chi connectivity index (χ3n) is 12.5. The highest BCUT2D eigenvalue weighted by atomic mass is 16.6. The zero-order valence-corrected chi connectivity index (χ0v) is 48.7. The van der Waals surface area contributed by atoms with Crippen molar-refractivity contribution in [3.63, 3.8) is 0 Å². The summed E-state index contributed by atoms with van der Waals surface area (Å²) in [4.78, 5) is 24.6. The van der Waals surface area contributed by atoms with E-state index in [-0.39, 0.29) is 25.2 Å². The fraction of sp³-hybridized carbons (Fsp3) is 0.577. The van der Waals surface area contributed by atoms with Crippen molar-refractivity contribution in [1.82, 2.24) is 0 Å². The van der Waals surface area contributed by atoms with E-state index >= 15 is 0 Å². The van der Waals surface area contributed by atoms with Gasteiger partial charge >= 0.3 is 11.9 Å². The lowest BCUT2D eigenvalue weighted by molar-refractivity contribution is -0.161. The number of aliphatic hydroxyl groups is 1. The first-order chi connectivity index (χ1) is 37.6. The molecule has 0 radical (unpaired) electrons. The van der Waals surface area contributed by atoms with Crippen molar-refractivity contribution in [2.24, 2.45) is 0 Å². The molecule has 426 valence electrons. The monoisotopic (exact) mass is 1040 g/mol. The van der Waals surface area contributed by atoms with Crippen LogP contribution in [0.25, 0.3) is 0 Å². The number of allylic oxidation sites excluding steroid dienone is 28. The average Bonchev–Trinajstić information content (AvgIpc) is 3.42. The van der Waals surface area contributed by atoms with Crippen LogP contribution in [0.3, 0.4) is 0 Å². The second-order valence-electron chi connectivity index (χ2n) is 19.7. The predicted molar refractivity (Wildman–Crippen MR) is 333 cm³/mol. The maximum Gasteiger partial charge on any atom is 0.306 e. The fourth-order valence-electron chi connectivity index (χ4n) is 7.99. The van der Waals surface area contributed by atoms with Gasteiger partial charge in [0.2, 0.25) is 0 Å². The fourth-order valence-corrected chi connectivity index (χ4v) is 7.99. The van der Waals surface area contributed by atoms with Crippen molar-refractivity contribution < 1.29 is 24.2 Å². The molecule has 0 saturated carbocycles. The van der Waals surface area contributed by atoms with Gasteiger partial charge < -0.3 is 14.6 Å². The van der Waals surface area contributed by atoms with Crippen LogP contribution in [0.1, 0.15) is 245 Å². The maximum atomic E-state index is 12.3. The van der Waals surface area contributed by atoms with Crippen molar-refractivity contribution in [3.8, 4) is 0 Å². The molecule has 0 aliphatic heterocycles. The minimum Gasteiger partial charge on any atom is -0.462 e. The number of carbonyl (C=O) groups excluding carboxylic acids is 2. The van der Waals surface area contributed by atoms with E-state index in [1.54, 1.807) is 0 Å². The maximum absolute atomic E-state index is 12.3. The van der Waals surface area contributed by atoms with Crippen molar-refractivity contribution in [2.75, 3.05) is 13.2 Å². The summed E-state index contributed by atoms with van der Waals surface area (Å²) in [5.74, 6) is -0.614. The summed E-state index contributed by atoms with van der Waals surface area (Å²) < 4.78 is 10.7. The van der Waals surface area contributed by atoms with E-state index in [1.165, 1.54) is 77.0 Å². The summed E-state index contributed by atoms with van der Waals surface area (Å²) >= 11 is 0.